The predicted molar refractivity (Wildman–Crippen MR) is 124 cm³/mol. The fourth-order valence-electron chi connectivity index (χ4n) is 3.56. The Hall–Kier alpha value is -2.35. The van der Waals surface area contributed by atoms with Crippen LogP contribution in [-0.2, 0) is 16.3 Å². The van der Waals surface area contributed by atoms with Gasteiger partial charge in [-0.15, -0.1) is 11.6 Å². The Morgan fingerprint density at radius 3 is 2.48 bits per heavy atom. The first kappa shape index (κ1) is 23.3. The molecule has 0 saturated carbocycles. The van der Waals surface area contributed by atoms with Crippen molar-refractivity contribution in [1.29, 1.82) is 0 Å². The number of nitrogens with zero attached hydrogens (tertiary/aromatic N) is 1. The van der Waals surface area contributed by atoms with E-state index in [2.05, 4.69) is 5.32 Å². The number of aliphatic hydroxyl groups excluding tert-OH is 1. The highest BCUT2D eigenvalue weighted by Crippen LogP contribution is 2.31. The van der Waals surface area contributed by atoms with Crippen LogP contribution in [0.1, 0.15) is 42.0 Å². The number of allylic oxidation sites excluding steroid dienone is 4. The summed E-state index contributed by atoms with van der Waals surface area (Å²) >= 11 is 6.39. The first-order valence-corrected chi connectivity index (χ1v) is 12.2. The van der Waals surface area contributed by atoms with Gasteiger partial charge in [0.1, 0.15) is 0 Å². The minimum atomic E-state index is -3.30. The Bertz CT molecular complexity index is 1160. The standard InChI is InChI=1S/C23H27ClN2O4S/c1-15(27)13-19-14-21(16(2)26(19)18-9-11-23(3,24)12-10-18)22(28)25-17-5-7-20(8-6-17)31(4,29)30/h5-11,14-15,27H,12-13H2,1-4H3,(H,25,28)/t15-,23?/m0/s1. The maximum absolute atomic E-state index is 13.0. The molecule has 0 fully saturated rings. The lowest BCUT2D eigenvalue weighted by molar-refractivity contribution is 0.102. The average molecular weight is 463 g/mol. The molecule has 0 spiro atoms. The van der Waals surface area contributed by atoms with Gasteiger partial charge in [-0.2, -0.15) is 0 Å². The monoisotopic (exact) mass is 462 g/mol. The molecular formula is C23H27ClN2O4S. The quantitative estimate of drug-likeness (QED) is 0.630. The first-order valence-electron chi connectivity index (χ1n) is 9.97. The lowest BCUT2D eigenvalue weighted by atomic mass is 10.0. The van der Waals surface area contributed by atoms with Crippen molar-refractivity contribution in [2.75, 3.05) is 11.6 Å². The van der Waals surface area contributed by atoms with Gasteiger partial charge in [0, 0.05) is 35.4 Å². The van der Waals surface area contributed by atoms with Crippen molar-refractivity contribution in [1.82, 2.24) is 4.57 Å². The smallest absolute Gasteiger partial charge is 0.257 e. The highest BCUT2D eigenvalue weighted by atomic mass is 35.5. The van der Waals surface area contributed by atoms with E-state index in [1.165, 1.54) is 12.1 Å². The van der Waals surface area contributed by atoms with Crippen LogP contribution < -0.4 is 5.32 Å². The number of aromatic nitrogens is 1. The molecule has 6 nitrogen and oxygen atoms in total. The topological polar surface area (TPSA) is 88.4 Å². The normalized spacial score (nSPS) is 19.7. The number of carbonyl (C=O) groups excluding carboxylic acids is 1. The van der Waals surface area contributed by atoms with Gasteiger partial charge in [-0.3, -0.25) is 4.79 Å². The molecule has 3 rings (SSSR count). The molecule has 1 aliphatic carbocycles. The van der Waals surface area contributed by atoms with E-state index in [0.717, 1.165) is 23.3 Å². The molecule has 1 aliphatic rings. The van der Waals surface area contributed by atoms with Gasteiger partial charge in [0.15, 0.2) is 9.84 Å². The van der Waals surface area contributed by atoms with Crippen molar-refractivity contribution in [2.24, 2.45) is 0 Å². The zero-order valence-electron chi connectivity index (χ0n) is 18.0. The highest BCUT2D eigenvalue weighted by molar-refractivity contribution is 7.90. The zero-order valence-corrected chi connectivity index (χ0v) is 19.6. The summed E-state index contributed by atoms with van der Waals surface area (Å²) in [4.78, 5) is 12.7. The molecule has 0 radical (unpaired) electrons. The molecule has 0 saturated heterocycles. The molecular weight excluding hydrogens is 436 g/mol. The number of benzene rings is 1. The number of rotatable bonds is 6. The number of nitrogens with one attached hydrogen (secondary N) is 1. The Labute approximate surface area is 188 Å². The molecule has 2 atom stereocenters. The van der Waals surface area contributed by atoms with Crippen LogP contribution in [0.2, 0.25) is 0 Å². The summed E-state index contributed by atoms with van der Waals surface area (Å²) in [5, 5.41) is 12.8. The fourth-order valence-corrected chi connectivity index (χ4v) is 4.33. The summed E-state index contributed by atoms with van der Waals surface area (Å²) in [5.74, 6) is -0.308. The molecule has 1 aromatic heterocycles. The maximum atomic E-state index is 13.0. The second kappa shape index (κ2) is 8.65. The third-order valence-electron chi connectivity index (χ3n) is 5.18. The number of carbonyl (C=O) groups is 1. The fraction of sp³-hybridized carbons (Fsp3) is 0.348. The van der Waals surface area contributed by atoms with E-state index in [9.17, 15) is 18.3 Å². The van der Waals surface area contributed by atoms with E-state index >= 15 is 0 Å². The maximum Gasteiger partial charge on any atom is 0.257 e. The van der Waals surface area contributed by atoms with E-state index in [1.54, 1.807) is 25.1 Å². The van der Waals surface area contributed by atoms with Crippen molar-refractivity contribution >= 4 is 38.7 Å². The number of aliphatic hydroxyl groups is 1. The molecule has 0 bridgehead atoms. The van der Waals surface area contributed by atoms with Gasteiger partial charge in [0.05, 0.1) is 21.4 Å². The number of amides is 1. The third-order valence-corrected chi connectivity index (χ3v) is 6.59. The van der Waals surface area contributed by atoms with Crippen molar-refractivity contribution in [3.63, 3.8) is 0 Å². The summed E-state index contributed by atoms with van der Waals surface area (Å²) in [6.07, 6.45) is 7.49. The Morgan fingerprint density at radius 2 is 1.97 bits per heavy atom. The van der Waals surface area contributed by atoms with Crippen LogP contribution in [0.15, 0.2) is 53.5 Å². The van der Waals surface area contributed by atoms with Gasteiger partial charge >= 0.3 is 0 Å². The second-order valence-corrected chi connectivity index (χ2v) is 11.1. The number of halogens is 1. The molecule has 1 unspecified atom stereocenters. The van der Waals surface area contributed by atoms with Crippen molar-refractivity contribution < 1.29 is 18.3 Å². The van der Waals surface area contributed by atoms with E-state index in [0.29, 0.717) is 24.1 Å². The van der Waals surface area contributed by atoms with Gasteiger partial charge in [-0.1, -0.05) is 12.2 Å². The minimum absolute atomic E-state index is 0.189. The van der Waals surface area contributed by atoms with E-state index < -0.39 is 20.8 Å². The van der Waals surface area contributed by atoms with Gasteiger partial charge in [0.2, 0.25) is 0 Å². The minimum Gasteiger partial charge on any atom is -0.393 e. The number of sulfone groups is 1. The second-order valence-electron chi connectivity index (χ2n) is 8.22. The molecule has 8 heteroatoms. The summed E-state index contributed by atoms with van der Waals surface area (Å²) < 4.78 is 25.2. The zero-order chi connectivity index (χ0) is 23.0. The third kappa shape index (κ3) is 5.47. The lowest BCUT2D eigenvalue weighted by Gasteiger charge is -2.23. The molecule has 166 valence electrons. The van der Waals surface area contributed by atoms with Crippen LogP contribution in [0, 0.1) is 6.92 Å². The van der Waals surface area contributed by atoms with Gasteiger partial charge in [-0.05, 0) is 63.6 Å². The molecule has 31 heavy (non-hydrogen) atoms. The molecule has 1 aromatic carbocycles. The predicted octanol–water partition coefficient (Wildman–Crippen LogP) is 4.17. The van der Waals surface area contributed by atoms with E-state index in [4.69, 9.17) is 11.6 Å². The molecule has 2 aromatic rings. The van der Waals surface area contributed by atoms with Gasteiger partial charge in [-0.25, -0.2) is 8.42 Å². The van der Waals surface area contributed by atoms with Crippen molar-refractivity contribution in [3.05, 3.63) is 65.5 Å². The summed E-state index contributed by atoms with van der Waals surface area (Å²) in [5.41, 5.74) is 3.45. The van der Waals surface area contributed by atoms with Crippen LogP contribution >= 0.6 is 11.6 Å². The van der Waals surface area contributed by atoms with Crippen molar-refractivity contribution in [3.8, 4) is 0 Å². The largest absolute Gasteiger partial charge is 0.393 e. The van der Waals surface area contributed by atoms with E-state index in [-0.39, 0.29) is 10.8 Å². The van der Waals surface area contributed by atoms with Crippen LogP contribution in [0.3, 0.4) is 0 Å². The van der Waals surface area contributed by atoms with Gasteiger partial charge in [0.25, 0.3) is 5.91 Å². The number of hydrogen-bond acceptors (Lipinski definition) is 4. The average Bonchev–Trinajstić information content (AvgIpc) is 2.97. The van der Waals surface area contributed by atoms with Crippen LogP contribution in [0.5, 0.6) is 0 Å². The van der Waals surface area contributed by atoms with Crippen LogP contribution in [-0.4, -0.2) is 41.2 Å². The molecule has 1 heterocycles. The number of anilines is 1. The lowest BCUT2D eigenvalue weighted by Crippen LogP contribution is -2.17. The molecule has 1 amide bonds. The molecule has 0 aliphatic heterocycles. The summed E-state index contributed by atoms with van der Waals surface area (Å²) in [6.45, 7) is 5.50. The van der Waals surface area contributed by atoms with Crippen LogP contribution in [0.25, 0.3) is 5.70 Å². The molecule has 2 N–H and O–H groups in total. The SMILES string of the molecule is Cc1c(C(=O)Nc2ccc(S(C)(=O)=O)cc2)cc(C[C@H](C)O)n1C1=CCC(C)(Cl)C=C1. The van der Waals surface area contributed by atoms with Gasteiger partial charge < -0.3 is 15.0 Å². The first-order chi connectivity index (χ1) is 14.4. The van der Waals surface area contributed by atoms with Crippen LogP contribution in [0.4, 0.5) is 5.69 Å². The summed E-state index contributed by atoms with van der Waals surface area (Å²) in [6, 6.07) is 7.83. The Morgan fingerprint density at radius 1 is 1.32 bits per heavy atom. The highest BCUT2D eigenvalue weighted by Gasteiger charge is 2.24. The number of alkyl halides is 1. The Balaban J connectivity index is 1.92. The summed E-state index contributed by atoms with van der Waals surface area (Å²) in [7, 11) is -3.30. The van der Waals surface area contributed by atoms with E-state index in [1.807, 2.05) is 36.6 Å². The van der Waals surface area contributed by atoms with Crippen molar-refractivity contribution in [2.45, 2.75) is 49.5 Å². The number of hydrogen-bond donors (Lipinski definition) is 2. The Kier molecular flexibility index (Phi) is 6.51.